The highest BCUT2D eigenvalue weighted by molar-refractivity contribution is 5.98. The van der Waals surface area contributed by atoms with Crippen molar-refractivity contribution in [2.75, 3.05) is 13.2 Å². The van der Waals surface area contributed by atoms with Crippen LogP contribution in [0, 0.1) is 6.92 Å². The summed E-state index contributed by atoms with van der Waals surface area (Å²) in [5, 5.41) is 4.97. The van der Waals surface area contributed by atoms with E-state index in [-0.39, 0.29) is 5.91 Å². The summed E-state index contributed by atoms with van der Waals surface area (Å²) >= 11 is 0. The van der Waals surface area contributed by atoms with E-state index in [0.717, 1.165) is 33.2 Å². The Bertz CT molecular complexity index is 1140. The van der Waals surface area contributed by atoms with Crippen molar-refractivity contribution in [3.8, 4) is 5.75 Å². The molecule has 5 heteroatoms. The molecule has 2 aromatic carbocycles. The average molecular weight is 371 g/mol. The standard InChI is InChI=1S/C23H21N3O2/c1-16-19(15-18-7-2-3-10-20(18)26-16)23(27)25-13-6-14-28-21-11-4-8-17-9-5-12-24-22(17)21/h2-5,7-12,15H,6,13-14H2,1H3,(H,25,27). The molecule has 4 rings (SSSR count). The summed E-state index contributed by atoms with van der Waals surface area (Å²) in [6, 6.07) is 19.5. The minimum absolute atomic E-state index is 0.109. The van der Waals surface area contributed by atoms with Gasteiger partial charge < -0.3 is 10.1 Å². The quantitative estimate of drug-likeness (QED) is 0.514. The average Bonchev–Trinajstić information content (AvgIpc) is 2.73. The number of rotatable bonds is 6. The van der Waals surface area contributed by atoms with Crippen molar-refractivity contribution in [3.63, 3.8) is 0 Å². The first-order chi connectivity index (χ1) is 13.7. The van der Waals surface area contributed by atoms with Gasteiger partial charge >= 0.3 is 0 Å². The molecule has 0 radical (unpaired) electrons. The number of carbonyl (C=O) groups excluding carboxylic acids is 1. The van der Waals surface area contributed by atoms with Gasteiger partial charge in [-0.1, -0.05) is 36.4 Å². The van der Waals surface area contributed by atoms with Gasteiger partial charge in [-0.3, -0.25) is 14.8 Å². The molecule has 0 atom stereocenters. The van der Waals surface area contributed by atoms with Crippen LogP contribution in [0.25, 0.3) is 21.8 Å². The van der Waals surface area contributed by atoms with Crippen molar-refractivity contribution >= 4 is 27.7 Å². The van der Waals surface area contributed by atoms with Gasteiger partial charge in [0.25, 0.3) is 5.91 Å². The zero-order valence-corrected chi connectivity index (χ0v) is 15.7. The predicted molar refractivity (Wildman–Crippen MR) is 111 cm³/mol. The minimum atomic E-state index is -0.109. The third kappa shape index (κ3) is 3.78. The number of nitrogens with zero attached hydrogens (tertiary/aromatic N) is 2. The number of benzene rings is 2. The SMILES string of the molecule is Cc1nc2ccccc2cc1C(=O)NCCCOc1cccc2cccnc12. The maximum atomic E-state index is 12.5. The van der Waals surface area contributed by atoms with E-state index in [1.165, 1.54) is 0 Å². The van der Waals surface area contributed by atoms with Gasteiger partial charge in [0, 0.05) is 23.5 Å². The summed E-state index contributed by atoms with van der Waals surface area (Å²) in [7, 11) is 0. The third-order valence-electron chi connectivity index (χ3n) is 4.62. The smallest absolute Gasteiger partial charge is 0.253 e. The van der Waals surface area contributed by atoms with Crippen molar-refractivity contribution in [3.05, 3.63) is 78.1 Å². The van der Waals surface area contributed by atoms with Crippen LogP contribution in [0.3, 0.4) is 0 Å². The molecule has 2 heterocycles. The van der Waals surface area contributed by atoms with E-state index < -0.39 is 0 Å². The Labute approximate surface area is 163 Å². The van der Waals surface area contributed by atoms with E-state index in [0.29, 0.717) is 25.1 Å². The summed E-state index contributed by atoms with van der Waals surface area (Å²) < 4.78 is 5.86. The highest BCUT2D eigenvalue weighted by atomic mass is 16.5. The Balaban J connectivity index is 1.33. The van der Waals surface area contributed by atoms with E-state index in [1.807, 2.05) is 67.6 Å². The first-order valence-electron chi connectivity index (χ1n) is 9.33. The third-order valence-corrected chi connectivity index (χ3v) is 4.62. The Morgan fingerprint density at radius 1 is 1.04 bits per heavy atom. The van der Waals surface area contributed by atoms with E-state index in [9.17, 15) is 4.79 Å². The van der Waals surface area contributed by atoms with Crippen molar-refractivity contribution in [2.24, 2.45) is 0 Å². The molecule has 0 unspecified atom stereocenters. The first-order valence-corrected chi connectivity index (χ1v) is 9.33. The number of aromatic nitrogens is 2. The molecule has 0 aliphatic carbocycles. The monoisotopic (exact) mass is 371 g/mol. The van der Waals surface area contributed by atoms with Gasteiger partial charge in [0.1, 0.15) is 11.3 Å². The van der Waals surface area contributed by atoms with Crippen molar-refractivity contribution < 1.29 is 9.53 Å². The number of amides is 1. The van der Waals surface area contributed by atoms with E-state index in [4.69, 9.17) is 4.74 Å². The minimum Gasteiger partial charge on any atom is -0.491 e. The van der Waals surface area contributed by atoms with Gasteiger partial charge in [-0.25, -0.2) is 0 Å². The topological polar surface area (TPSA) is 64.1 Å². The van der Waals surface area contributed by atoms with Gasteiger partial charge in [-0.2, -0.15) is 0 Å². The number of nitrogens with one attached hydrogen (secondary N) is 1. The van der Waals surface area contributed by atoms with Crippen LogP contribution in [0.4, 0.5) is 0 Å². The molecule has 28 heavy (non-hydrogen) atoms. The number of para-hydroxylation sites is 2. The molecule has 0 bridgehead atoms. The van der Waals surface area contributed by atoms with Crippen LogP contribution in [-0.4, -0.2) is 29.0 Å². The van der Waals surface area contributed by atoms with Gasteiger partial charge in [0.15, 0.2) is 0 Å². The molecule has 0 saturated heterocycles. The fraction of sp³-hybridized carbons (Fsp3) is 0.174. The highest BCUT2D eigenvalue weighted by Crippen LogP contribution is 2.23. The molecule has 1 amide bonds. The van der Waals surface area contributed by atoms with Crippen LogP contribution in [-0.2, 0) is 0 Å². The van der Waals surface area contributed by atoms with Crippen LogP contribution in [0.15, 0.2) is 66.9 Å². The molecular formula is C23H21N3O2. The molecule has 0 aliphatic rings. The van der Waals surface area contributed by atoms with Gasteiger partial charge in [0.05, 0.1) is 23.4 Å². The number of fused-ring (bicyclic) bond motifs is 2. The lowest BCUT2D eigenvalue weighted by molar-refractivity contribution is 0.0950. The van der Waals surface area contributed by atoms with Gasteiger partial charge in [-0.05, 0) is 37.6 Å². The van der Waals surface area contributed by atoms with Crippen molar-refractivity contribution in [1.82, 2.24) is 15.3 Å². The maximum Gasteiger partial charge on any atom is 0.253 e. The van der Waals surface area contributed by atoms with E-state index >= 15 is 0 Å². The Morgan fingerprint density at radius 2 is 1.86 bits per heavy atom. The summed E-state index contributed by atoms with van der Waals surface area (Å²) in [4.78, 5) is 21.4. The second-order valence-electron chi connectivity index (χ2n) is 6.60. The molecule has 140 valence electrons. The Kier molecular flexibility index (Phi) is 5.15. The lowest BCUT2D eigenvalue weighted by Gasteiger charge is -2.10. The fourth-order valence-electron chi connectivity index (χ4n) is 3.19. The number of hydrogen-bond acceptors (Lipinski definition) is 4. The Morgan fingerprint density at radius 3 is 2.79 bits per heavy atom. The van der Waals surface area contributed by atoms with E-state index in [2.05, 4.69) is 15.3 Å². The largest absolute Gasteiger partial charge is 0.491 e. The van der Waals surface area contributed by atoms with Crippen LogP contribution >= 0.6 is 0 Å². The number of aryl methyl sites for hydroxylation is 1. The van der Waals surface area contributed by atoms with Crippen LogP contribution in [0.5, 0.6) is 5.75 Å². The van der Waals surface area contributed by atoms with Crippen molar-refractivity contribution in [2.45, 2.75) is 13.3 Å². The number of pyridine rings is 2. The van der Waals surface area contributed by atoms with Gasteiger partial charge in [0.2, 0.25) is 0 Å². The van der Waals surface area contributed by atoms with E-state index in [1.54, 1.807) is 6.20 Å². The summed E-state index contributed by atoms with van der Waals surface area (Å²) in [5.41, 5.74) is 3.09. The number of hydrogen-bond donors (Lipinski definition) is 1. The Hall–Kier alpha value is -3.47. The molecule has 0 saturated carbocycles. The lowest BCUT2D eigenvalue weighted by atomic mass is 10.1. The number of carbonyl (C=O) groups is 1. The second-order valence-corrected chi connectivity index (χ2v) is 6.60. The lowest BCUT2D eigenvalue weighted by Crippen LogP contribution is -2.26. The molecule has 0 fully saturated rings. The predicted octanol–water partition coefficient (Wildman–Crippen LogP) is 4.29. The summed E-state index contributed by atoms with van der Waals surface area (Å²) in [5.74, 6) is 0.654. The fourth-order valence-corrected chi connectivity index (χ4v) is 3.19. The molecule has 1 N–H and O–H groups in total. The summed E-state index contributed by atoms with van der Waals surface area (Å²) in [6.45, 7) is 2.90. The second kappa shape index (κ2) is 8.05. The van der Waals surface area contributed by atoms with Crippen LogP contribution in [0.1, 0.15) is 22.5 Å². The zero-order chi connectivity index (χ0) is 19.3. The molecule has 4 aromatic rings. The first kappa shape index (κ1) is 17.9. The number of ether oxygens (including phenoxy) is 1. The normalized spacial score (nSPS) is 10.9. The van der Waals surface area contributed by atoms with Crippen LogP contribution < -0.4 is 10.1 Å². The van der Waals surface area contributed by atoms with Crippen LogP contribution in [0.2, 0.25) is 0 Å². The molecular weight excluding hydrogens is 350 g/mol. The molecule has 5 nitrogen and oxygen atoms in total. The zero-order valence-electron chi connectivity index (χ0n) is 15.7. The molecule has 2 aromatic heterocycles. The van der Waals surface area contributed by atoms with Gasteiger partial charge in [-0.15, -0.1) is 0 Å². The maximum absolute atomic E-state index is 12.5. The summed E-state index contributed by atoms with van der Waals surface area (Å²) in [6.07, 6.45) is 2.46. The highest BCUT2D eigenvalue weighted by Gasteiger charge is 2.11. The molecule has 0 spiro atoms. The van der Waals surface area contributed by atoms with Crippen molar-refractivity contribution in [1.29, 1.82) is 0 Å². The molecule has 0 aliphatic heterocycles.